The molecule has 0 radical (unpaired) electrons. The lowest BCUT2D eigenvalue weighted by molar-refractivity contribution is -0.127. The molecule has 1 amide bonds. The molecule has 7 heteroatoms. The molecule has 2 heterocycles. The third kappa shape index (κ3) is 4.08. The van der Waals surface area contributed by atoms with Crippen LogP contribution in [0.1, 0.15) is 23.8 Å². The Morgan fingerprint density at radius 3 is 2.66 bits per heavy atom. The highest BCUT2D eigenvalue weighted by molar-refractivity contribution is 5.79. The first-order chi connectivity index (χ1) is 14.2. The molecule has 1 atom stereocenters. The number of nitrogens with zero attached hydrogens (tertiary/aromatic N) is 3. The number of amides is 1. The number of rotatable bonds is 7. The van der Waals surface area contributed by atoms with E-state index in [4.69, 9.17) is 14.0 Å². The largest absolute Gasteiger partial charge is 0.493 e. The molecule has 1 unspecified atom stereocenters. The number of methoxy groups -OCH3 is 2. The standard InChI is InChI=1S/C22H23N3O4/c1-27-18-9-8-16(12-19(18)28-2)21-23-22(29-24-21)17-13-20(26)25(14-17)11-10-15-6-4-3-5-7-15/h3-9,12,17H,10-11,13-14H2,1-2H3. The predicted molar refractivity (Wildman–Crippen MR) is 107 cm³/mol. The van der Waals surface area contributed by atoms with Gasteiger partial charge in [0.25, 0.3) is 0 Å². The molecule has 3 aromatic rings. The maximum atomic E-state index is 12.4. The van der Waals surface area contributed by atoms with Crippen molar-refractivity contribution in [3.05, 3.63) is 60.0 Å². The van der Waals surface area contributed by atoms with Crippen LogP contribution in [0.3, 0.4) is 0 Å². The zero-order chi connectivity index (χ0) is 20.2. The molecule has 2 aromatic carbocycles. The topological polar surface area (TPSA) is 77.7 Å². The fourth-order valence-corrected chi connectivity index (χ4v) is 3.56. The van der Waals surface area contributed by atoms with E-state index in [1.54, 1.807) is 26.4 Å². The van der Waals surface area contributed by atoms with Crippen LogP contribution < -0.4 is 9.47 Å². The summed E-state index contributed by atoms with van der Waals surface area (Å²) in [6.45, 7) is 1.29. The summed E-state index contributed by atoms with van der Waals surface area (Å²) in [5.41, 5.74) is 1.99. The van der Waals surface area contributed by atoms with E-state index in [1.807, 2.05) is 29.2 Å². The zero-order valence-electron chi connectivity index (χ0n) is 16.5. The maximum absolute atomic E-state index is 12.4. The van der Waals surface area contributed by atoms with Crippen LogP contribution in [-0.4, -0.2) is 48.3 Å². The number of aromatic nitrogens is 2. The molecule has 0 saturated carbocycles. The molecule has 1 aliphatic rings. The van der Waals surface area contributed by atoms with Crippen LogP contribution in [0.2, 0.25) is 0 Å². The SMILES string of the molecule is COc1ccc(-c2noc(C3CC(=O)N(CCc4ccccc4)C3)n2)cc1OC. The first-order valence-corrected chi connectivity index (χ1v) is 9.55. The fraction of sp³-hybridized carbons (Fsp3) is 0.318. The number of carbonyl (C=O) groups excluding carboxylic acids is 1. The van der Waals surface area contributed by atoms with E-state index in [9.17, 15) is 4.79 Å². The van der Waals surface area contributed by atoms with Crippen molar-refractivity contribution in [2.45, 2.75) is 18.8 Å². The Kier molecular flexibility index (Phi) is 5.46. The second-order valence-corrected chi connectivity index (χ2v) is 7.00. The summed E-state index contributed by atoms with van der Waals surface area (Å²) in [5.74, 6) is 2.23. The number of hydrogen-bond donors (Lipinski definition) is 0. The van der Waals surface area contributed by atoms with E-state index < -0.39 is 0 Å². The molecular formula is C22H23N3O4. The van der Waals surface area contributed by atoms with E-state index in [1.165, 1.54) is 5.56 Å². The summed E-state index contributed by atoms with van der Waals surface area (Å²) in [7, 11) is 3.17. The lowest BCUT2D eigenvalue weighted by atomic mass is 10.1. The lowest BCUT2D eigenvalue weighted by Crippen LogP contribution is -2.27. The zero-order valence-corrected chi connectivity index (χ0v) is 16.5. The summed E-state index contributed by atoms with van der Waals surface area (Å²) in [4.78, 5) is 18.8. The summed E-state index contributed by atoms with van der Waals surface area (Å²) in [6.07, 6.45) is 1.22. The molecule has 150 valence electrons. The van der Waals surface area contributed by atoms with Crippen molar-refractivity contribution < 1.29 is 18.8 Å². The molecule has 1 aromatic heterocycles. The first kappa shape index (κ1) is 19.0. The predicted octanol–water partition coefficient (Wildman–Crippen LogP) is 3.31. The van der Waals surface area contributed by atoms with Gasteiger partial charge in [-0.1, -0.05) is 35.5 Å². The summed E-state index contributed by atoms with van der Waals surface area (Å²) >= 11 is 0. The van der Waals surface area contributed by atoms with Crippen LogP contribution in [0, 0.1) is 0 Å². The van der Waals surface area contributed by atoms with Crippen LogP contribution >= 0.6 is 0 Å². The minimum Gasteiger partial charge on any atom is -0.493 e. The minimum atomic E-state index is -0.0836. The average molecular weight is 393 g/mol. The normalized spacial score (nSPS) is 16.3. The molecule has 1 fully saturated rings. The van der Waals surface area contributed by atoms with E-state index in [0.717, 1.165) is 12.0 Å². The Morgan fingerprint density at radius 2 is 1.90 bits per heavy atom. The van der Waals surface area contributed by atoms with E-state index in [-0.39, 0.29) is 11.8 Å². The Hall–Kier alpha value is -3.35. The molecular weight excluding hydrogens is 370 g/mol. The van der Waals surface area contributed by atoms with Crippen molar-refractivity contribution in [1.82, 2.24) is 15.0 Å². The second-order valence-electron chi connectivity index (χ2n) is 7.00. The van der Waals surface area contributed by atoms with E-state index in [0.29, 0.717) is 42.7 Å². The quantitative estimate of drug-likeness (QED) is 0.613. The summed E-state index contributed by atoms with van der Waals surface area (Å²) in [5, 5.41) is 4.09. The average Bonchev–Trinajstić information content (AvgIpc) is 3.39. The van der Waals surface area contributed by atoms with Gasteiger partial charge in [0.05, 0.1) is 20.1 Å². The Labute approximate surface area is 169 Å². The van der Waals surface area contributed by atoms with Crippen LogP contribution in [0.25, 0.3) is 11.4 Å². The van der Waals surface area contributed by atoms with Gasteiger partial charge >= 0.3 is 0 Å². The molecule has 0 bridgehead atoms. The minimum absolute atomic E-state index is 0.0836. The van der Waals surface area contributed by atoms with Gasteiger partial charge in [-0.2, -0.15) is 4.98 Å². The van der Waals surface area contributed by atoms with Crippen molar-refractivity contribution >= 4 is 5.91 Å². The molecule has 0 aliphatic carbocycles. The van der Waals surface area contributed by atoms with Crippen LogP contribution in [0.4, 0.5) is 0 Å². The van der Waals surface area contributed by atoms with Crippen LogP contribution in [0.15, 0.2) is 53.1 Å². The Balaban J connectivity index is 1.44. The van der Waals surface area contributed by atoms with Crippen molar-refractivity contribution in [3.8, 4) is 22.9 Å². The molecule has 7 nitrogen and oxygen atoms in total. The highest BCUT2D eigenvalue weighted by Crippen LogP contribution is 2.33. The molecule has 1 aliphatic heterocycles. The molecule has 29 heavy (non-hydrogen) atoms. The van der Waals surface area contributed by atoms with Crippen molar-refractivity contribution in [2.75, 3.05) is 27.3 Å². The Bertz CT molecular complexity index is 987. The highest BCUT2D eigenvalue weighted by Gasteiger charge is 2.34. The molecule has 0 spiro atoms. The maximum Gasteiger partial charge on any atom is 0.232 e. The van der Waals surface area contributed by atoms with Gasteiger partial charge in [-0.3, -0.25) is 4.79 Å². The lowest BCUT2D eigenvalue weighted by Gasteiger charge is -2.15. The van der Waals surface area contributed by atoms with Crippen LogP contribution in [-0.2, 0) is 11.2 Å². The van der Waals surface area contributed by atoms with Gasteiger partial charge in [0, 0.05) is 25.1 Å². The van der Waals surface area contributed by atoms with E-state index >= 15 is 0 Å². The third-order valence-electron chi connectivity index (χ3n) is 5.16. The first-order valence-electron chi connectivity index (χ1n) is 9.55. The van der Waals surface area contributed by atoms with Gasteiger partial charge in [0.1, 0.15) is 0 Å². The van der Waals surface area contributed by atoms with Gasteiger partial charge in [-0.25, -0.2) is 0 Å². The van der Waals surface area contributed by atoms with Crippen molar-refractivity contribution in [1.29, 1.82) is 0 Å². The summed E-state index contributed by atoms with van der Waals surface area (Å²) < 4.78 is 16.1. The molecule has 4 rings (SSSR count). The van der Waals surface area contributed by atoms with Gasteiger partial charge in [0.15, 0.2) is 11.5 Å². The molecule has 0 N–H and O–H groups in total. The van der Waals surface area contributed by atoms with Gasteiger partial charge in [-0.05, 0) is 30.2 Å². The van der Waals surface area contributed by atoms with Crippen LogP contribution in [0.5, 0.6) is 11.5 Å². The Morgan fingerprint density at radius 1 is 1.10 bits per heavy atom. The van der Waals surface area contributed by atoms with E-state index in [2.05, 4.69) is 22.3 Å². The van der Waals surface area contributed by atoms with Gasteiger partial charge < -0.3 is 18.9 Å². The van der Waals surface area contributed by atoms with Crippen molar-refractivity contribution in [2.24, 2.45) is 0 Å². The van der Waals surface area contributed by atoms with Gasteiger partial charge in [-0.15, -0.1) is 0 Å². The number of benzene rings is 2. The number of likely N-dealkylation sites (tertiary alicyclic amines) is 1. The number of hydrogen-bond acceptors (Lipinski definition) is 6. The van der Waals surface area contributed by atoms with Crippen molar-refractivity contribution in [3.63, 3.8) is 0 Å². The highest BCUT2D eigenvalue weighted by atomic mass is 16.5. The second kappa shape index (κ2) is 8.34. The fourth-order valence-electron chi connectivity index (χ4n) is 3.56. The number of ether oxygens (including phenoxy) is 2. The number of carbonyl (C=O) groups is 1. The molecule has 1 saturated heterocycles. The summed E-state index contributed by atoms with van der Waals surface area (Å²) in [6, 6.07) is 15.6. The smallest absolute Gasteiger partial charge is 0.232 e. The monoisotopic (exact) mass is 393 g/mol. The van der Waals surface area contributed by atoms with Gasteiger partial charge in [0.2, 0.25) is 17.6 Å². The third-order valence-corrected chi connectivity index (χ3v) is 5.16.